The van der Waals surface area contributed by atoms with Crippen molar-refractivity contribution in [1.82, 2.24) is 0 Å². The van der Waals surface area contributed by atoms with Crippen LogP contribution in [0.3, 0.4) is 0 Å². The Kier molecular flexibility index (Phi) is 3.15. The second kappa shape index (κ2) is 4.86. The van der Waals surface area contributed by atoms with Crippen LogP contribution in [0.4, 0.5) is 0 Å². The van der Waals surface area contributed by atoms with E-state index in [0.29, 0.717) is 6.42 Å². The van der Waals surface area contributed by atoms with E-state index in [1.54, 1.807) is 0 Å². The summed E-state index contributed by atoms with van der Waals surface area (Å²) in [7, 11) is 0. The molecular formula is C18H16N2O. The molecule has 2 fully saturated rings. The van der Waals surface area contributed by atoms with E-state index in [2.05, 4.69) is 6.92 Å². The van der Waals surface area contributed by atoms with Gasteiger partial charge in [0.15, 0.2) is 0 Å². The van der Waals surface area contributed by atoms with Crippen molar-refractivity contribution >= 4 is 6.29 Å². The lowest BCUT2D eigenvalue weighted by Gasteiger charge is -2.35. The van der Waals surface area contributed by atoms with Crippen LogP contribution in [-0.4, -0.2) is 6.29 Å². The summed E-state index contributed by atoms with van der Waals surface area (Å²) >= 11 is 0. The molecule has 0 aromatic heterocycles. The molecule has 2 saturated carbocycles. The quantitative estimate of drug-likeness (QED) is 0.614. The van der Waals surface area contributed by atoms with Gasteiger partial charge in [0.05, 0.1) is 0 Å². The number of rotatable bonds is 2. The maximum absolute atomic E-state index is 11.7. The zero-order valence-corrected chi connectivity index (χ0v) is 11.9. The predicted molar refractivity (Wildman–Crippen MR) is 77.8 cm³/mol. The highest BCUT2D eigenvalue weighted by molar-refractivity contribution is 5.62. The molecule has 3 nitrogen and oxygen atoms in total. The van der Waals surface area contributed by atoms with Crippen molar-refractivity contribution in [2.75, 3.05) is 0 Å². The van der Waals surface area contributed by atoms with E-state index in [9.17, 15) is 15.3 Å². The van der Waals surface area contributed by atoms with E-state index in [-0.39, 0.29) is 28.7 Å². The van der Waals surface area contributed by atoms with Gasteiger partial charge >= 0.3 is 0 Å². The normalized spacial score (nSPS) is 33.3. The van der Waals surface area contributed by atoms with E-state index < -0.39 is 0 Å². The van der Waals surface area contributed by atoms with E-state index in [1.165, 1.54) is 0 Å². The molecule has 3 rings (SSSR count). The van der Waals surface area contributed by atoms with Crippen LogP contribution in [0.5, 0.6) is 0 Å². The summed E-state index contributed by atoms with van der Waals surface area (Å²) in [6.45, 7) is 2.11. The molecule has 0 aliphatic heterocycles. The maximum atomic E-state index is 11.7. The van der Waals surface area contributed by atoms with Crippen LogP contribution in [0.25, 0.3) is 0 Å². The van der Waals surface area contributed by atoms with Crippen LogP contribution >= 0.6 is 0 Å². The highest BCUT2D eigenvalue weighted by atomic mass is 16.1. The van der Waals surface area contributed by atoms with Crippen LogP contribution < -0.4 is 0 Å². The summed E-state index contributed by atoms with van der Waals surface area (Å²) in [5, 5.41) is 18.4. The van der Waals surface area contributed by atoms with Crippen molar-refractivity contribution in [2.45, 2.75) is 25.7 Å². The lowest BCUT2D eigenvalue weighted by molar-refractivity contribution is -0.114. The van der Waals surface area contributed by atoms with Crippen molar-refractivity contribution in [1.29, 1.82) is 10.5 Å². The highest BCUT2D eigenvalue weighted by Gasteiger charge is 2.58. The molecule has 0 heterocycles. The second-order valence-corrected chi connectivity index (χ2v) is 6.36. The number of carbonyl (C=O) groups is 1. The molecule has 0 amide bonds. The smallest absolute Gasteiger partial charge is 0.129 e. The number of nitrogens with zero attached hydrogens (tertiary/aromatic N) is 2. The maximum Gasteiger partial charge on any atom is 0.129 e. The minimum Gasteiger partial charge on any atom is -0.303 e. The Morgan fingerprint density at radius 1 is 1.29 bits per heavy atom. The molecule has 4 unspecified atom stereocenters. The monoisotopic (exact) mass is 276 g/mol. The number of benzene rings is 1. The number of nitriles is 2. The Morgan fingerprint density at radius 3 is 2.52 bits per heavy atom. The summed E-state index contributed by atoms with van der Waals surface area (Å²) in [5.74, 6) is 0.198. The molecule has 1 aromatic rings. The highest BCUT2D eigenvalue weighted by Crippen LogP contribution is 2.65. The average molecular weight is 276 g/mol. The van der Waals surface area contributed by atoms with E-state index >= 15 is 0 Å². The van der Waals surface area contributed by atoms with Crippen molar-refractivity contribution in [2.24, 2.45) is 17.3 Å². The third-order valence-corrected chi connectivity index (χ3v) is 5.23. The minimum absolute atomic E-state index is 0.0349. The zero-order chi connectivity index (χ0) is 15.0. The van der Waals surface area contributed by atoms with Gasteiger partial charge < -0.3 is 4.79 Å². The standard InChI is InChI=1S/C18H16N2O/c1-18-7-14(13(9-19)10-20)15(8-18)17(16(18)11-21)12-5-3-2-4-6-12/h2-6,11,15-17H,7-8H2,1H3. The van der Waals surface area contributed by atoms with E-state index in [0.717, 1.165) is 23.8 Å². The summed E-state index contributed by atoms with van der Waals surface area (Å²) in [6, 6.07) is 14.1. The SMILES string of the molecule is CC12CC(=C(C#N)C#N)C(C1)C(c1ccccc1)C2C=O. The summed E-state index contributed by atoms with van der Waals surface area (Å²) in [5.41, 5.74) is 2.21. The first-order valence-electron chi connectivity index (χ1n) is 7.18. The van der Waals surface area contributed by atoms with Crippen molar-refractivity contribution in [3.63, 3.8) is 0 Å². The number of hydrogen-bond acceptors (Lipinski definition) is 3. The molecule has 2 aliphatic rings. The number of fused-ring (bicyclic) bond motifs is 2. The van der Waals surface area contributed by atoms with Crippen LogP contribution in [0.1, 0.15) is 31.2 Å². The molecule has 21 heavy (non-hydrogen) atoms. The lowest BCUT2D eigenvalue weighted by Crippen LogP contribution is -2.30. The van der Waals surface area contributed by atoms with Gasteiger partial charge in [0, 0.05) is 11.8 Å². The number of aldehydes is 1. The van der Waals surface area contributed by atoms with Crippen LogP contribution in [0.15, 0.2) is 41.5 Å². The van der Waals surface area contributed by atoms with Gasteiger partial charge in [-0.2, -0.15) is 10.5 Å². The summed E-state index contributed by atoms with van der Waals surface area (Å²) < 4.78 is 0. The number of carbonyl (C=O) groups excluding carboxylic acids is 1. The molecule has 0 spiro atoms. The van der Waals surface area contributed by atoms with E-state index in [4.69, 9.17) is 0 Å². The predicted octanol–water partition coefficient (Wildman–Crippen LogP) is 3.36. The Labute approximate surface area is 124 Å². The van der Waals surface area contributed by atoms with Gasteiger partial charge in [-0.05, 0) is 35.3 Å². The molecule has 0 N–H and O–H groups in total. The largest absolute Gasteiger partial charge is 0.303 e. The van der Waals surface area contributed by atoms with Crippen molar-refractivity contribution in [3.8, 4) is 12.1 Å². The summed E-state index contributed by atoms with van der Waals surface area (Å²) in [4.78, 5) is 11.7. The fraction of sp³-hybridized carbons (Fsp3) is 0.389. The fourth-order valence-electron chi connectivity index (χ4n) is 4.35. The molecule has 2 bridgehead atoms. The molecule has 4 atom stereocenters. The molecule has 3 heteroatoms. The molecule has 2 aliphatic carbocycles. The average Bonchev–Trinajstić information content (AvgIpc) is 2.99. The lowest BCUT2D eigenvalue weighted by atomic mass is 9.67. The van der Waals surface area contributed by atoms with Crippen LogP contribution in [0, 0.1) is 39.9 Å². The Balaban J connectivity index is 2.12. The third kappa shape index (κ3) is 1.89. The molecule has 104 valence electrons. The molecular weight excluding hydrogens is 260 g/mol. The Morgan fingerprint density at radius 2 is 1.95 bits per heavy atom. The fourth-order valence-corrected chi connectivity index (χ4v) is 4.35. The zero-order valence-electron chi connectivity index (χ0n) is 11.9. The van der Waals surface area contributed by atoms with Crippen LogP contribution in [-0.2, 0) is 4.79 Å². The minimum atomic E-state index is -0.124. The van der Waals surface area contributed by atoms with Gasteiger partial charge in [-0.1, -0.05) is 37.3 Å². The summed E-state index contributed by atoms with van der Waals surface area (Å²) in [6.07, 6.45) is 2.66. The number of hydrogen-bond donors (Lipinski definition) is 0. The van der Waals surface area contributed by atoms with Gasteiger partial charge in [-0.25, -0.2) is 0 Å². The third-order valence-electron chi connectivity index (χ3n) is 5.23. The molecule has 1 aromatic carbocycles. The van der Waals surface area contributed by atoms with Gasteiger partial charge in [0.1, 0.15) is 24.0 Å². The second-order valence-electron chi connectivity index (χ2n) is 6.36. The van der Waals surface area contributed by atoms with Crippen LogP contribution in [0.2, 0.25) is 0 Å². The first kappa shape index (κ1) is 13.6. The molecule has 0 saturated heterocycles. The van der Waals surface area contributed by atoms with E-state index in [1.807, 2.05) is 42.5 Å². The number of allylic oxidation sites excluding steroid dienone is 2. The van der Waals surface area contributed by atoms with Gasteiger partial charge in [-0.3, -0.25) is 0 Å². The molecule has 0 radical (unpaired) electrons. The van der Waals surface area contributed by atoms with Gasteiger partial charge in [-0.15, -0.1) is 0 Å². The topological polar surface area (TPSA) is 64.7 Å². The van der Waals surface area contributed by atoms with Gasteiger partial charge in [0.25, 0.3) is 0 Å². The Bertz CT molecular complexity index is 676. The van der Waals surface area contributed by atoms with Gasteiger partial charge in [0.2, 0.25) is 0 Å². The van der Waals surface area contributed by atoms with Crippen molar-refractivity contribution < 1.29 is 4.79 Å². The first-order valence-corrected chi connectivity index (χ1v) is 7.18. The Hall–Kier alpha value is -2.39. The first-order chi connectivity index (χ1) is 10.1. The van der Waals surface area contributed by atoms with Crippen molar-refractivity contribution in [3.05, 3.63) is 47.0 Å².